The van der Waals surface area contributed by atoms with E-state index in [4.69, 9.17) is 0 Å². The van der Waals surface area contributed by atoms with E-state index in [0.717, 1.165) is 5.57 Å². The summed E-state index contributed by atoms with van der Waals surface area (Å²) in [7, 11) is 0. The van der Waals surface area contributed by atoms with Gasteiger partial charge < -0.3 is 0 Å². The standard InChI is InChI=1S/C6H10N2/c1-4-6(2)5-8-7-3/h4-5,8H,1,3H2,2H3/b6-5-. The Kier molecular flexibility index (Phi) is 3.58. The number of nitrogens with zero attached hydrogens (tertiary/aromatic N) is 1. The van der Waals surface area contributed by atoms with E-state index in [1.54, 1.807) is 12.3 Å². The Bertz CT molecular complexity index is 114. The number of rotatable bonds is 3. The summed E-state index contributed by atoms with van der Waals surface area (Å²) >= 11 is 0. The minimum Gasteiger partial charge on any atom is -0.286 e. The van der Waals surface area contributed by atoms with Crippen molar-refractivity contribution in [2.75, 3.05) is 0 Å². The number of nitrogens with one attached hydrogen (secondary N) is 1. The fourth-order valence-corrected chi connectivity index (χ4v) is 0.206. The third-order valence-electron chi connectivity index (χ3n) is 0.705. The summed E-state index contributed by atoms with van der Waals surface area (Å²) in [6.45, 7) is 8.69. The Balaban J connectivity index is 3.56. The molecule has 44 valence electrons. The summed E-state index contributed by atoms with van der Waals surface area (Å²) in [5, 5.41) is 3.40. The highest BCUT2D eigenvalue weighted by molar-refractivity contribution is 5.23. The molecular weight excluding hydrogens is 100 g/mol. The smallest absolute Gasteiger partial charge is 0.0228 e. The quantitative estimate of drug-likeness (QED) is 0.330. The molecule has 8 heavy (non-hydrogen) atoms. The second-order valence-corrected chi connectivity index (χ2v) is 1.38. The molecule has 0 fully saturated rings. The highest BCUT2D eigenvalue weighted by Crippen LogP contribution is 1.87. The molecule has 0 heterocycles. The number of hydrogen-bond acceptors (Lipinski definition) is 2. The van der Waals surface area contributed by atoms with Crippen LogP contribution in [0.4, 0.5) is 0 Å². The third-order valence-corrected chi connectivity index (χ3v) is 0.705. The zero-order valence-electron chi connectivity index (χ0n) is 5.02. The lowest BCUT2D eigenvalue weighted by molar-refractivity contribution is 0.970. The Labute approximate surface area is 49.6 Å². The molecule has 0 rings (SSSR count). The summed E-state index contributed by atoms with van der Waals surface area (Å²) < 4.78 is 0. The average Bonchev–Trinajstić information content (AvgIpc) is 1.83. The van der Waals surface area contributed by atoms with Crippen molar-refractivity contribution >= 4 is 6.72 Å². The van der Waals surface area contributed by atoms with E-state index < -0.39 is 0 Å². The first kappa shape index (κ1) is 6.95. The van der Waals surface area contributed by atoms with Gasteiger partial charge in [-0.1, -0.05) is 12.7 Å². The lowest BCUT2D eigenvalue weighted by Gasteiger charge is -1.88. The minimum absolute atomic E-state index is 1.04. The van der Waals surface area contributed by atoms with Crippen molar-refractivity contribution in [1.29, 1.82) is 0 Å². The molecule has 0 radical (unpaired) electrons. The Morgan fingerprint density at radius 1 is 1.75 bits per heavy atom. The van der Waals surface area contributed by atoms with Crippen LogP contribution in [-0.4, -0.2) is 6.72 Å². The van der Waals surface area contributed by atoms with Crippen LogP contribution in [0, 0.1) is 0 Å². The van der Waals surface area contributed by atoms with Crippen molar-refractivity contribution in [2.24, 2.45) is 5.10 Å². The van der Waals surface area contributed by atoms with Crippen molar-refractivity contribution in [2.45, 2.75) is 6.92 Å². The molecule has 0 aromatic heterocycles. The van der Waals surface area contributed by atoms with Crippen molar-refractivity contribution in [3.8, 4) is 0 Å². The van der Waals surface area contributed by atoms with E-state index >= 15 is 0 Å². The van der Waals surface area contributed by atoms with Crippen molar-refractivity contribution < 1.29 is 0 Å². The summed E-state index contributed by atoms with van der Waals surface area (Å²) in [5.41, 5.74) is 3.62. The molecule has 2 heteroatoms. The van der Waals surface area contributed by atoms with Gasteiger partial charge in [0, 0.05) is 12.9 Å². The summed E-state index contributed by atoms with van der Waals surface area (Å²) in [6.07, 6.45) is 3.46. The van der Waals surface area contributed by atoms with E-state index in [2.05, 4.69) is 23.8 Å². The van der Waals surface area contributed by atoms with Gasteiger partial charge in [0.2, 0.25) is 0 Å². The van der Waals surface area contributed by atoms with Gasteiger partial charge in [-0.05, 0) is 12.5 Å². The number of hydrazone groups is 1. The van der Waals surface area contributed by atoms with Crippen LogP contribution in [0.25, 0.3) is 0 Å². The van der Waals surface area contributed by atoms with Crippen LogP contribution in [0.5, 0.6) is 0 Å². The predicted molar refractivity (Wildman–Crippen MR) is 36.6 cm³/mol. The fourth-order valence-electron chi connectivity index (χ4n) is 0.206. The topological polar surface area (TPSA) is 24.4 Å². The zero-order valence-corrected chi connectivity index (χ0v) is 5.02. The first-order valence-electron chi connectivity index (χ1n) is 2.31. The molecular formula is C6H10N2. The number of hydrogen-bond donors (Lipinski definition) is 1. The van der Waals surface area contributed by atoms with E-state index in [-0.39, 0.29) is 0 Å². The van der Waals surface area contributed by atoms with Gasteiger partial charge in [0.15, 0.2) is 0 Å². The van der Waals surface area contributed by atoms with Gasteiger partial charge in [0.25, 0.3) is 0 Å². The second kappa shape index (κ2) is 4.12. The van der Waals surface area contributed by atoms with Crippen LogP contribution in [0.2, 0.25) is 0 Å². The molecule has 0 spiro atoms. The third kappa shape index (κ3) is 3.15. The zero-order chi connectivity index (χ0) is 6.41. The van der Waals surface area contributed by atoms with Gasteiger partial charge in [-0.15, -0.1) is 0 Å². The maximum absolute atomic E-state index is 3.54. The molecule has 0 aliphatic carbocycles. The Morgan fingerprint density at radius 2 is 2.38 bits per heavy atom. The molecule has 0 aliphatic heterocycles. The van der Waals surface area contributed by atoms with E-state index in [1.807, 2.05) is 6.92 Å². The highest BCUT2D eigenvalue weighted by atomic mass is 15.3. The molecule has 0 saturated carbocycles. The van der Waals surface area contributed by atoms with Gasteiger partial charge in [0.1, 0.15) is 0 Å². The van der Waals surface area contributed by atoms with Crippen molar-refractivity contribution in [1.82, 2.24) is 5.43 Å². The lowest BCUT2D eigenvalue weighted by atomic mass is 10.3. The van der Waals surface area contributed by atoms with Gasteiger partial charge in [-0.2, -0.15) is 5.10 Å². The number of allylic oxidation sites excluding steroid dienone is 2. The van der Waals surface area contributed by atoms with E-state index in [1.165, 1.54) is 0 Å². The highest BCUT2D eigenvalue weighted by Gasteiger charge is 1.72. The predicted octanol–water partition coefficient (Wildman–Crippen LogP) is 1.28. The molecule has 2 nitrogen and oxygen atoms in total. The first-order chi connectivity index (χ1) is 3.81. The van der Waals surface area contributed by atoms with Crippen LogP contribution < -0.4 is 5.43 Å². The molecule has 1 N–H and O–H groups in total. The fraction of sp³-hybridized carbons (Fsp3) is 0.167. The molecule has 0 aromatic carbocycles. The monoisotopic (exact) mass is 110 g/mol. The summed E-state index contributed by atoms with van der Waals surface area (Å²) in [4.78, 5) is 0. The maximum Gasteiger partial charge on any atom is 0.0228 e. The summed E-state index contributed by atoms with van der Waals surface area (Å²) in [5.74, 6) is 0. The van der Waals surface area contributed by atoms with Crippen LogP contribution >= 0.6 is 0 Å². The Morgan fingerprint density at radius 3 is 2.75 bits per heavy atom. The molecule has 0 unspecified atom stereocenters. The maximum atomic E-state index is 3.54. The van der Waals surface area contributed by atoms with Gasteiger partial charge >= 0.3 is 0 Å². The molecule has 0 bridgehead atoms. The molecule has 0 atom stereocenters. The molecule has 0 saturated heterocycles. The normalized spacial score (nSPS) is 10.4. The molecule has 0 aliphatic rings. The first-order valence-corrected chi connectivity index (χ1v) is 2.31. The van der Waals surface area contributed by atoms with Gasteiger partial charge in [-0.3, -0.25) is 5.43 Å². The SMILES string of the molecule is C=C/C(C)=C\NN=C. The van der Waals surface area contributed by atoms with Crippen molar-refractivity contribution in [3.05, 3.63) is 24.4 Å². The van der Waals surface area contributed by atoms with Crippen LogP contribution in [0.1, 0.15) is 6.92 Å². The lowest BCUT2D eigenvalue weighted by Crippen LogP contribution is -1.91. The van der Waals surface area contributed by atoms with Gasteiger partial charge in [-0.25, -0.2) is 0 Å². The Hall–Kier alpha value is -1.05. The van der Waals surface area contributed by atoms with E-state index in [0.29, 0.717) is 0 Å². The second-order valence-electron chi connectivity index (χ2n) is 1.38. The van der Waals surface area contributed by atoms with Crippen LogP contribution in [0.15, 0.2) is 29.5 Å². The minimum atomic E-state index is 1.04. The van der Waals surface area contributed by atoms with Crippen molar-refractivity contribution in [3.63, 3.8) is 0 Å². The van der Waals surface area contributed by atoms with Gasteiger partial charge in [0.05, 0.1) is 0 Å². The van der Waals surface area contributed by atoms with E-state index in [9.17, 15) is 0 Å². The largest absolute Gasteiger partial charge is 0.286 e. The molecule has 0 amide bonds. The molecule has 0 aromatic rings. The average molecular weight is 110 g/mol. The summed E-state index contributed by atoms with van der Waals surface area (Å²) in [6, 6.07) is 0. The van der Waals surface area contributed by atoms with Crippen LogP contribution in [-0.2, 0) is 0 Å². The van der Waals surface area contributed by atoms with Crippen LogP contribution in [0.3, 0.4) is 0 Å².